The number of nitriles is 1. The molecule has 0 radical (unpaired) electrons. The van der Waals surface area contributed by atoms with Crippen LogP contribution in [0.3, 0.4) is 0 Å². The van der Waals surface area contributed by atoms with Crippen LogP contribution < -0.4 is 0 Å². The van der Waals surface area contributed by atoms with Crippen molar-refractivity contribution in [2.75, 3.05) is 7.05 Å². The lowest BCUT2D eigenvalue weighted by Gasteiger charge is -2.25. The fraction of sp³-hybridized carbons (Fsp3) is 0.500. The predicted octanol–water partition coefficient (Wildman–Crippen LogP) is 2.65. The van der Waals surface area contributed by atoms with Crippen LogP contribution in [-0.4, -0.2) is 18.0 Å². The van der Waals surface area contributed by atoms with Crippen LogP contribution >= 0.6 is 11.3 Å². The van der Waals surface area contributed by atoms with Gasteiger partial charge in [0.2, 0.25) is 0 Å². The smallest absolute Gasteiger partial charge is 0.0952 e. The lowest BCUT2D eigenvalue weighted by atomic mass is 10.2. The summed E-state index contributed by atoms with van der Waals surface area (Å²) < 4.78 is 0. The van der Waals surface area contributed by atoms with E-state index in [1.54, 1.807) is 11.3 Å². The molecular weight excluding hydrogens is 180 g/mol. The predicted molar refractivity (Wildman–Crippen MR) is 55.6 cm³/mol. The second-order valence-electron chi connectivity index (χ2n) is 3.16. The second-order valence-corrected chi connectivity index (χ2v) is 4.14. The summed E-state index contributed by atoms with van der Waals surface area (Å²) in [5.74, 6) is 0. The van der Waals surface area contributed by atoms with Crippen LogP contribution in [0.2, 0.25) is 0 Å². The summed E-state index contributed by atoms with van der Waals surface area (Å²) in [6, 6.07) is 6.69. The Hall–Kier alpha value is -0.850. The Kier molecular flexibility index (Phi) is 3.47. The molecule has 0 N–H and O–H groups in total. The Balaban J connectivity index is 2.69. The van der Waals surface area contributed by atoms with E-state index in [9.17, 15) is 0 Å². The number of nitrogens with zero attached hydrogens (tertiary/aromatic N) is 2. The van der Waals surface area contributed by atoms with Crippen molar-refractivity contribution in [3.63, 3.8) is 0 Å². The Morgan fingerprint density at radius 2 is 2.23 bits per heavy atom. The Bertz CT molecular complexity index is 286. The largest absolute Gasteiger partial charge is 0.284 e. The van der Waals surface area contributed by atoms with E-state index in [0.717, 1.165) is 0 Å². The molecule has 3 heteroatoms. The van der Waals surface area contributed by atoms with Crippen molar-refractivity contribution in [3.8, 4) is 6.07 Å². The third kappa shape index (κ3) is 2.30. The van der Waals surface area contributed by atoms with Crippen LogP contribution in [0, 0.1) is 11.3 Å². The van der Waals surface area contributed by atoms with E-state index >= 15 is 0 Å². The molecule has 2 atom stereocenters. The molecule has 0 amide bonds. The zero-order valence-corrected chi connectivity index (χ0v) is 9.01. The number of hydrogen-bond acceptors (Lipinski definition) is 3. The van der Waals surface area contributed by atoms with Crippen molar-refractivity contribution in [1.29, 1.82) is 5.26 Å². The molecule has 0 spiro atoms. The minimum Gasteiger partial charge on any atom is -0.284 e. The van der Waals surface area contributed by atoms with Gasteiger partial charge in [0.05, 0.1) is 12.1 Å². The van der Waals surface area contributed by atoms with Gasteiger partial charge in [0, 0.05) is 10.9 Å². The quantitative estimate of drug-likeness (QED) is 0.739. The van der Waals surface area contributed by atoms with E-state index in [-0.39, 0.29) is 6.04 Å². The number of rotatable bonds is 3. The summed E-state index contributed by atoms with van der Waals surface area (Å²) >= 11 is 1.74. The molecular formula is C10H14N2S. The molecule has 0 fully saturated rings. The molecule has 0 aliphatic rings. The highest BCUT2D eigenvalue weighted by molar-refractivity contribution is 7.10. The first kappa shape index (κ1) is 10.2. The summed E-state index contributed by atoms with van der Waals surface area (Å²) in [7, 11) is 1.98. The minimum atomic E-state index is -0.0305. The molecule has 1 aromatic heterocycles. The van der Waals surface area contributed by atoms with Crippen LogP contribution in [0.15, 0.2) is 17.5 Å². The molecule has 1 aromatic rings. The maximum absolute atomic E-state index is 8.76. The fourth-order valence-electron chi connectivity index (χ4n) is 1.16. The van der Waals surface area contributed by atoms with Crippen LogP contribution in [-0.2, 0) is 0 Å². The van der Waals surface area contributed by atoms with Crippen LogP contribution in [0.1, 0.15) is 24.8 Å². The van der Waals surface area contributed by atoms with E-state index in [0.29, 0.717) is 6.04 Å². The van der Waals surface area contributed by atoms with Crippen molar-refractivity contribution in [3.05, 3.63) is 22.4 Å². The second kappa shape index (κ2) is 4.40. The highest BCUT2D eigenvalue weighted by Crippen LogP contribution is 2.24. The van der Waals surface area contributed by atoms with Gasteiger partial charge in [-0.15, -0.1) is 11.3 Å². The molecule has 1 rings (SSSR count). The standard InChI is InChI=1S/C10H14N2S/c1-8(7-11)12(3)9(2)10-5-4-6-13-10/h4-6,8-9H,1-3H3. The van der Waals surface area contributed by atoms with E-state index in [1.165, 1.54) is 4.88 Å². The zero-order valence-electron chi connectivity index (χ0n) is 8.19. The molecule has 1 heterocycles. The van der Waals surface area contributed by atoms with Gasteiger partial charge in [-0.2, -0.15) is 5.26 Å². The molecule has 2 nitrogen and oxygen atoms in total. The normalized spacial score (nSPS) is 15.3. The lowest BCUT2D eigenvalue weighted by molar-refractivity contribution is 0.237. The summed E-state index contributed by atoms with van der Waals surface area (Å²) in [5.41, 5.74) is 0. The lowest BCUT2D eigenvalue weighted by Crippen LogP contribution is -2.29. The molecule has 0 aromatic carbocycles. The van der Waals surface area contributed by atoms with Gasteiger partial charge >= 0.3 is 0 Å². The molecule has 70 valence electrons. The van der Waals surface area contributed by atoms with Gasteiger partial charge < -0.3 is 0 Å². The summed E-state index contributed by atoms with van der Waals surface area (Å²) in [5, 5.41) is 10.8. The summed E-state index contributed by atoms with van der Waals surface area (Å²) in [4.78, 5) is 3.39. The van der Waals surface area contributed by atoms with Crippen molar-refractivity contribution < 1.29 is 0 Å². The third-order valence-electron chi connectivity index (χ3n) is 2.36. The maximum Gasteiger partial charge on any atom is 0.0952 e. The van der Waals surface area contributed by atoms with Gasteiger partial charge in [-0.1, -0.05) is 6.07 Å². The fourth-order valence-corrected chi connectivity index (χ4v) is 1.99. The SMILES string of the molecule is CC(C#N)N(C)C(C)c1cccs1. The van der Waals surface area contributed by atoms with E-state index in [4.69, 9.17) is 5.26 Å². The van der Waals surface area contributed by atoms with Crippen LogP contribution in [0.5, 0.6) is 0 Å². The molecule has 2 unspecified atom stereocenters. The van der Waals surface area contributed by atoms with Gasteiger partial charge in [0.25, 0.3) is 0 Å². The van der Waals surface area contributed by atoms with Gasteiger partial charge in [-0.3, -0.25) is 4.90 Å². The first-order valence-electron chi connectivity index (χ1n) is 4.31. The Labute approximate surface area is 83.4 Å². The van der Waals surface area contributed by atoms with Gasteiger partial charge in [0.1, 0.15) is 0 Å². The monoisotopic (exact) mass is 194 g/mol. The van der Waals surface area contributed by atoms with Gasteiger partial charge in [-0.25, -0.2) is 0 Å². The first-order valence-corrected chi connectivity index (χ1v) is 5.19. The topological polar surface area (TPSA) is 27.0 Å². The Morgan fingerprint density at radius 3 is 2.69 bits per heavy atom. The number of hydrogen-bond donors (Lipinski definition) is 0. The van der Waals surface area contributed by atoms with Crippen LogP contribution in [0.25, 0.3) is 0 Å². The molecule has 0 aliphatic heterocycles. The highest BCUT2D eigenvalue weighted by Gasteiger charge is 2.17. The van der Waals surface area contributed by atoms with E-state index in [1.807, 2.05) is 20.0 Å². The van der Waals surface area contributed by atoms with Crippen molar-refractivity contribution in [2.45, 2.75) is 25.9 Å². The van der Waals surface area contributed by atoms with E-state index in [2.05, 4.69) is 29.3 Å². The molecule has 0 saturated heterocycles. The van der Waals surface area contributed by atoms with Gasteiger partial charge in [-0.05, 0) is 32.3 Å². The number of thiophene rings is 1. The first-order chi connectivity index (χ1) is 6.16. The third-order valence-corrected chi connectivity index (χ3v) is 3.41. The molecule has 0 aliphatic carbocycles. The highest BCUT2D eigenvalue weighted by atomic mass is 32.1. The molecule has 13 heavy (non-hydrogen) atoms. The van der Waals surface area contributed by atoms with Crippen LogP contribution in [0.4, 0.5) is 0 Å². The molecule has 0 bridgehead atoms. The van der Waals surface area contributed by atoms with E-state index < -0.39 is 0 Å². The zero-order chi connectivity index (χ0) is 9.84. The van der Waals surface area contributed by atoms with Crippen molar-refractivity contribution >= 4 is 11.3 Å². The molecule has 0 saturated carbocycles. The minimum absolute atomic E-state index is 0.0305. The Morgan fingerprint density at radius 1 is 1.54 bits per heavy atom. The van der Waals surface area contributed by atoms with Crippen molar-refractivity contribution in [2.24, 2.45) is 0 Å². The summed E-state index contributed by atoms with van der Waals surface area (Å²) in [6.45, 7) is 4.05. The summed E-state index contributed by atoms with van der Waals surface area (Å²) in [6.07, 6.45) is 0. The van der Waals surface area contributed by atoms with Gasteiger partial charge in [0.15, 0.2) is 0 Å². The maximum atomic E-state index is 8.76. The van der Waals surface area contributed by atoms with Crippen molar-refractivity contribution in [1.82, 2.24) is 4.90 Å². The average molecular weight is 194 g/mol. The average Bonchev–Trinajstić information content (AvgIpc) is 2.67.